The summed E-state index contributed by atoms with van der Waals surface area (Å²) in [5.41, 5.74) is 1.19. The molecule has 2 fully saturated rings. The summed E-state index contributed by atoms with van der Waals surface area (Å²) in [6.45, 7) is 4.42. The highest BCUT2D eigenvalue weighted by Gasteiger charge is 2.21. The molecule has 0 bridgehead atoms. The average Bonchev–Trinajstić information content (AvgIpc) is 2.77. The summed E-state index contributed by atoms with van der Waals surface area (Å²) in [6.07, 6.45) is 4.47. The highest BCUT2D eigenvalue weighted by molar-refractivity contribution is 5.66. The third kappa shape index (κ3) is 1.85. The maximum Gasteiger partial charge on any atom is 0.151 e. The topological polar surface area (TPSA) is 40.2 Å². The van der Waals surface area contributed by atoms with E-state index in [2.05, 4.69) is 26.6 Å². The Balaban J connectivity index is 1.78. The van der Waals surface area contributed by atoms with Crippen LogP contribution in [0.5, 0.6) is 0 Å². The van der Waals surface area contributed by atoms with Gasteiger partial charge in [-0.1, -0.05) is 0 Å². The van der Waals surface area contributed by atoms with Crippen LogP contribution in [0.1, 0.15) is 12.8 Å². The van der Waals surface area contributed by atoms with Crippen molar-refractivity contribution in [1.82, 2.24) is 10.3 Å². The molecular formula is C12H18N4. The zero-order valence-electron chi connectivity index (χ0n) is 9.45. The van der Waals surface area contributed by atoms with E-state index in [-0.39, 0.29) is 0 Å². The molecule has 0 aliphatic carbocycles. The molecule has 2 aliphatic heterocycles. The Bertz CT molecular complexity index is 356. The fraction of sp³-hybridized carbons (Fsp3) is 0.583. The first-order valence-corrected chi connectivity index (χ1v) is 6.11. The van der Waals surface area contributed by atoms with E-state index in [1.807, 2.05) is 12.3 Å². The quantitative estimate of drug-likeness (QED) is 0.796. The number of rotatable bonds is 3. The molecule has 0 unspecified atom stereocenters. The minimum Gasteiger partial charge on any atom is -0.377 e. The average molecular weight is 218 g/mol. The highest BCUT2D eigenvalue weighted by atomic mass is 15.2. The number of nitrogens with zero attached hydrogens (tertiary/aromatic N) is 2. The van der Waals surface area contributed by atoms with E-state index in [0.717, 1.165) is 32.0 Å². The van der Waals surface area contributed by atoms with Crippen molar-refractivity contribution in [3.63, 3.8) is 0 Å². The fourth-order valence-corrected chi connectivity index (χ4v) is 2.30. The van der Waals surface area contributed by atoms with Crippen molar-refractivity contribution in [2.45, 2.75) is 18.9 Å². The van der Waals surface area contributed by atoms with E-state index in [1.54, 1.807) is 0 Å². The molecule has 3 rings (SSSR count). The van der Waals surface area contributed by atoms with Crippen molar-refractivity contribution in [3.8, 4) is 0 Å². The zero-order chi connectivity index (χ0) is 10.8. The normalized spacial score (nSPS) is 20.9. The van der Waals surface area contributed by atoms with Gasteiger partial charge in [-0.2, -0.15) is 0 Å². The molecule has 2 N–H and O–H groups in total. The molecule has 0 saturated carbocycles. The minimum atomic E-state index is 0.575. The lowest BCUT2D eigenvalue weighted by Gasteiger charge is -2.30. The molecule has 1 aromatic heterocycles. The van der Waals surface area contributed by atoms with Crippen molar-refractivity contribution in [2.75, 3.05) is 36.4 Å². The number of hydrogen-bond acceptors (Lipinski definition) is 4. The van der Waals surface area contributed by atoms with Crippen LogP contribution in [0.4, 0.5) is 11.5 Å². The summed E-state index contributed by atoms with van der Waals surface area (Å²) in [4.78, 5) is 6.90. The van der Waals surface area contributed by atoms with Gasteiger partial charge >= 0.3 is 0 Å². The van der Waals surface area contributed by atoms with Gasteiger partial charge in [0.2, 0.25) is 0 Å². The van der Waals surface area contributed by atoms with Gasteiger partial charge in [-0.15, -0.1) is 0 Å². The lowest BCUT2D eigenvalue weighted by atomic mass is 10.1. The molecule has 86 valence electrons. The Hall–Kier alpha value is -1.29. The molecule has 4 heteroatoms. The third-order valence-electron chi connectivity index (χ3n) is 3.33. The largest absolute Gasteiger partial charge is 0.377 e. The first-order valence-electron chi connectivity index (χ1n) is 6.11. The Morgan fingerprint density at radius 3 is 2.81 bits per heavy atom. The number of hydrogen-bond donors (Lipinski definition) is 2. The molecule has 0 amide bonds. The maximum atomic E-state index is 4.52. The summed E-state index contributed by atoms with van der Waals surface area (Å²) in [7, 11) is 0. The second-order valence-electron chi connectivity index (χ2n) is 4.57. The van der Waals surface area contributed by atoms with E-state index >= 15 is 0 Å². The molecule has 2 aliphatic rings. The van der Waals surface area contributed by atoms with E-state index in [0.29, 0.717) is 6.04 Å². The van der Waals surface area contributed by atoms with Gasteiger partial charge in [0.05, 0.1) is 11.7 Å². The standard InChI is InChI=1S/C12H18N4/c1-2-7-16(6-1)12-11(4-3-5-14-12)15-10-8-13-9-10/h3-5,10,13,15H,1-2,6-9H2. The SMILES string of the molecule is c1cnc(N2CCCC2)c(NC2CNC2)c1. The Kier molecular flexibility index (Phi) is 2.66. The predicted molar refractivity (Wildman–Crippen MR) is 66.0 cm³/mol. The van der Waals surface area contributed by atoms with Crippen LogP contribution >= 0.6 is 0 Å². The summed E-state index contributed by atoms with van der Waals surface area (Å²) >= 11 is 0. The molecule has 0 spiro atoms. The lowest BCUT2D eigenvalue weighted by Crippen LogP contribution is -2.51. The summed E-state index contributed by atoms with van der Waals surface area (Å²) < 4.78 is 0. The van der Waals surface area contributed by atoms with Gasteiger partial charge in [0.15, 0.2) is 5.82 Å². The second-order valence-corrected chi connectivity index (χ2v) is 4.57. The van der Waals surface area contributed by atoms with Gasteiger partial charge < -0.3 is 15.5 Å². The van der Waals surface area contributed by atoms with Crippen molar-refractivity contribution in [3.05, 3.63) is 18.3 Å². The molecule has 4 nitrogen and oxygen atoms in total. The van der Waals surface area contributed by atoms with Crippen LogP contribution in [0.25, 0.3) is 0 Å². The van der Waals surface area contributed by atoms with Crippen molar-refractivity contribution < 1.29 is 0 Å². The van der Waals surface area contributed by atoms with Gasteiger partial charge in [-0.05, 0) is 25.0 Å². The van der Waals surface area contributed by atoms with Gasteiger partial charge in [0.25, 0.3) is 0 Å². The van der Waals surface area contributed by atoms with Gasteiger partial charge in [0.1, 0.15) is 0 Å². The number of aromatic nitrogens is 1. The summed E-state index contributed by atoms with van der Waals surface area (Å²) in [5.74, 6) is 1.13. The van der Waals surface area contributed by atoms with Crippen LogP contribution in [-0.4, -0.2) is 37.2 Å². The molecular weight excluding hydrogens is 200 g/mol. The summed E-state index contributed by atoms with van der Waals surface area (Å²) in [6, 6.07) is 4.72. The van der Waals surface area contributed by atoms with Crippen molar-refractivity contribution in [1.29, 1.82) is 0 Å². The molecule has 16 heavy (non-hydrogen) atoms. The third-order valence-corrected chi connectivity index (χ3v) is 3.33. The van der Waals surface area contributed by atoms with E-state index in [4.69, 9.17) is 0 Å². The van der Waals surface area contributed by atoms with Crippen LogP contribution < -0.4 is 15.5 Å². The van der Waals surface area contributed by atoms with Crippen molar-refractivity contribution >= 4 is 11.5 Å². The maximum absolute atomic E-state index is 4.52. The molecule has 0 aromatic carbocycles. The first kappa shape index (κ1) is 9.90. The Morgan fingerprint density at radius 1 is 1.31 bits per heavy atom. The number of nitrogens with one attached hydrogen (secondary N) is 2. The van der Waals surface area contributed by atoms with Crippen LogP contribution in [0.15, 0.2) is 18.3 Å². The monoisotopic (exact) mass is 218 g/mol. The van der Waals surface area contributed by atoms with Crippen LogP contribution in [0, 0.1) is 0 Å². The molecule has 1 aromatic rings. The molecule has 2 saturated heterocycles. The first-order chi connectivity index (χ1) is 7.93. The Morgan fingerprint density at radius 2 is 2.12 bits per heavy atom. The van der Waals surface area contributed by atoms with E-state index in [9.17, 15) is 0 Å². The van der Waals surface area contributed by atoms with E-state index in [1.165, 1.54) is 18.5 Å². The molecule has 0 atom stereocenters. The number of anilines is 2. The van der Waals surface area contributed by atoms with Crippen LogP contribution in [0.2, 0.25) is 0 Å². The van der Waals surface area contributed by atoms with Gasteiger partial charge in [-0.3, -0.25) is 0 Å². The van der Waals surface area contributed by atoms with Crippen LogP contribution in [0.3, 0.4) is 0 Å². The molecule has 0 radical (unpaired) electrons. The zero-order valence-corrected chi connectivity index (χ0v) is 9.45. The van der Waals surface area contributed by atoms with E-state index < -0.39 is 0 Å². The second kappa shape index (κ2) is 4.29. The van der Waals surface area contributed by atoms with Gasteiger partial charge in [0, 0.05) is 32.4 Å². The smallest absolute Gasteiger partial charge is 0.151 e. The molecule has 3 heterocycles. The Labute approximate surface area is 96.1 Å². The van der Waals surface area contributed by atoms with Crippen LogP contribution in [-0.2, 0) is 0 Å². The lowest BCUT2D eigenvalue weighted by molar-refractivity contribution is 0.472. The minimum absolute atomic E-state index is 0.575. The van der Waals surface area contributed by atoms with Crippen molar-refractivity contribution in [2.24, 2.45) is 0 Å². The highest BCUT2D eigenvalue weighted by Crippen LogP contribution is 2.26. The van der Waals surface area contributed by atoms with Gasteiger partial charge in [-0.25, -0.2) is 4.98 Å². The number of pyridine rings is 1. The predicted octanol–water partition coefficient (Wildman–Crippen LogP) is 1.07. The summed E-state index contributed by atoms with van der Waals surface area (Å²) in [5, 5.41) is 6.83. The fourth-order valence-electron chi connectivity index (χ4n) is 2.30.